The summed E-state index contributed by atoms with van der Waals surface area (Å²) in [6.45, 7) is 0.519. The van der Waals surface area contributed by atoms with Gasteiger partial charge in [0.25, 0.3) is 5.56 Å². The summed E-state index contributed by atoms with van der Waals surface area (Å²) in [5.41, 5.74) is 3.70. The second kappa shape index (κ2) is 4.36. The van der Waals surface area contributed by atoms with Crippen LogP contribution in [-0.4, -0.2) is 14.9 Å². The Labute approximate surface area is 86.4 Å². The maximum atomic E-state index is 11.3. The van der Waals surface area contributed by atoms with E-state index in [1.54, 1.807) is 24.7 Å². The van der Waals surface area contributed by atoms with Gasteiger partial charge in [0, 0.05) is 24.7 Å². The Morgan fingerprint density at radius 3 is 2.87 bits per heavy atom. The molecule has 0 radical (unpaired) electrons. The van der Waals surface area contributed by atoms with Crippen molar-refractivity contribution in [2.45, 2.75) is 6.54 Å². The maximum Gasteiger partial charge on any atom is 0.285 e. The Bertz CT molecular complexity index is 480. The third-order valence-electron chi connectivity index (χ3n) is 1.87. The molecule has 0 unspecified atom stereocenters. The van der Waals surface area contributed by atoms with E-state index in [9.17, 15) is 4.79 Å². The summed E-state index contributed by atoms with van der Waals surface area (Å²) in [4.78, 5) is 16.4. The smallest absolute Gasteiger partial charge is 0.285 e. The van der Waals surface area contributed by atoms with E-state index in [0.29, 0.717) is 6.54 Å². The van der Waals surface area contributed by atoms with Gasteiger partial charge in [-0.3, -0.25) is 9.78 Å². The fourth-order valence-electron chi connectivity index (χ4n) is 1.15. The number of pyridine rings is 1. The van der Waals surface area contributed by atoms with Gasteiger partial charge in [-0.05, 0) is 17.7 Å². The summed E-state index contributed by atoms with van der Waals surface area (Å²) in [6, 6.07) is 6.82. The largest absolute Gasteiger partial charge is 0.302 e. The zero-order valence-corrected chi connectivity index (χ0v) is 8.00. The maximum absolute atomic E-state index is 11.3. The van der Waals surface area contributed by atoms with E-state index in [4.69, 9.17) is 0 Å². The van der Waals surface area contributed by atoms with Gasteiger partial charge in [-0.15, -0.1) is 4.79 Å². The van der Waals surface area contributed by atoms with Gasteiger partial charge >= 0.3 is 0 Å². The molecule has 0 saturated heterocycles. The molecule has 0 amide bonds. The Hall–Kier alpha value is -2.17. The van der Waals surface area contributed by atoms with Crippen LogP contribution < -0.4 is 11.0 Å². The summed E-state index contributed by atoms with van der Waals surface area (Å²) in [7, 11) is 0. The lowest BCUT2D eigenvalue weighted by Crippen LogP contribution is -2.29. The van der Waals surface area contributed by atoms with Crippen molar-refractivity contribution in [3.05, 3.63) is 58.8 Å². The minimum Gasteiger partial charge on any atom is -0.302 e. The zero-order chi connectivity index (χ0) is 10.5. The predicted molar refractivity (Wildman–Crippen MR) is 55.8 cm³/mol. The van der Waals surface area contributed by atoms with Crippen molar-refractivity contribution in [2.75, 3.05) is 5.43 Å². The fourth-order valence-corrected chi connectivity index (χ4v) is 1.15. The third kappa shape index (κ3) is 2.40. The number of hydrogen-bond donors (Lipinski definition) is 1. The minimum atomic E-state index is -0.179. The van der Waals surface area contributed by atoms with Crippen LogP contribution in [0.3, 0.4) is 0 Å². The molecule has 5 heteroatoms. The molecule has 2 heterocycles. The summed E-state index contributed by atoms with van der Waals surface area (Å²) in [5.74, 6) is 0. The topological polar surface area (TPSA) is 59.8 Å². The number of nitrogens with zero attached hydrogens (tertiary/aromatic N) is 3. The van der Waals surface area contributed by atoms with E-state index >= 15 is 0 Å². The molecule has 2 rings (SSSR count). The molecule has 0 atom stereocenters. The lowest BCUT2D eigenvalue weighted by Gasteiger charge is -2.06. The van der Waals surface area contributed by atoms with Gasteiger partial charge in [0.1, 0.15) is 0 Å². The van der Waals surface area contributed by atoms with Crippen molar-refractivity contribution in [1.29, 1.82) is 0 Å². The van der Waals surface area contributed by atoms with Crippen LogP contribution in [0.25, 0.3) is 0 Å². The van der Waals surface area contributed by atoms with E-state index in [1.165, 1.54) is 10.9 Å². The van der Waals surface area contributed by atoms with Crippen molar-refractivity contribution >= 4 is 0 Å². The molecule has 0 fully saturated rings. The Balaban J connectivity index is 2.06. The van der Waals surface area contributed by atoms with Gasteiger partial charge < -0.3 is 5.43 Å². The van der Waals surface area contributed by atoms with Crippen LogP contribution in [0.5, 0.6) is 0 Å². The highest BCUT2D eigenvalue weighted by Crippen LogP contribution is 1.94. The summed E-state index contributed by atoms with van der Waals surface area (Å²) in [6.07, 6.45) is 5.00. The number of hydrogen-bond acceptors (Lipinski definition) is 4. The highest BCUT2D eigenvalue weighted by molar-refractivity contribution is 5.09. The van der Waals surface area contributed by atoms with Crippen molar-refractivity contribution in [2.24, 2.45) is 0 Å². The van der Waals surface area contributed by atoms with Crippen LogP contribution in [0.4, 0.5) is 0 Å². The van der Waals surface area contributed by atoms with Gasteiger partial charge in [0.2, 0.25) is 0 Å². The van der Waals surface area contributed by atoms with Crippen molar-refractivity contribution in [3.8, 4) is 0 Å². The SMILES string of the molecule is O=c1cccnn1NCc1cccnc1. The van der Waals surface area contributed by atoms with Crippen LogP contribution in [-0.2, 0) is 6.54 Å². The summed E-state index contributed by atoms with van der Waals surface area (Å²) in [5, 5.41) is 3.87. The van der Waals surface area contributed by atoms with E-state index in [1.807, 2.05) is 12.1 Å². The quantitative estimate of drug-likeness (QED) is 0.781. The zero-order valence-electron chi connectivity index (χ0n) is 8.00. The van der Waals surface area contributed by atoms with Crippen LogP contribution in [0.2, 0.25) is 0 Å². The Morgan fingerprint density at radius 1 is 1.27 bits per heavy atom. The molecule has 0 spiro atoms. The van der Waals surface area contributed by atoms with Crippen LogP contribution in [0.1, 0.15) is 5.56 Å². The first-order valence-corrected chi connectivity index (χ1v) is 4.53. The average Bonchev–Trinajstić information content (AvgIpc) is 2.29. The normalized spacial score (nSPS) is 9.87. The number of aromatic nitrogens is 3. The highest BCUT2D eigenvalue weighted by atomic mass is 16.1. The van der Waals surface area contributed by atoms with Gasteiger partial charge in [-0.2, -0.15) is 5.10 Å². The molecule has 0 bridgehead atoms. The molecular formula is C10H10N4O. The molecule has 2 aromatic heterocycles. The molecule has 1 N–H and O–H groups in total. The molecule has 0 aliphatic heterocycles. The molecule has 0 aliphatic rings. The molecule has 15 heavy (non-hydrogen) atoms. The van der Waals surface area contributed by atoms with Gasteiger partial charge in [-0.25, -0.2) is 0 Å². The van der Waals surface area contributed by atoms with Gasteiger partial charge in [0.05, 0.1) is 6.54 Å². The van der Waals surface area contributed by atoms with Crippen molar-refractivity contribution < 1.29 is 0 Å². The van der Waals surface area contributed by atoms with Gasteiger partial charge in [-0.1, -0.05) is 6.07 Å². The molecule has 76 valence electrons. The summed E-state index contributed by atoms with van der Waals surface area (Å²) >= 11 is 0. The van der Waals surface area contributed by atoms with E-state index in [0.717, 1.165) is 5.56 Å². The standard InChI is InChI=1S/C10H10N4O/c15-10-4-2-6-12-14(10)13-8-9-3-1-5-11-7-9/h1-7,13H,8H2. The molecule has 5 nitrogen and oxygen atoms in total. The summed E-state index contributed by atoms with van der Waals surface area (Å²) < 4.78 is 0. The van der Waals surface area contributed by atoms with Crippen LogP contribution >= 0.6 is 0 Å². The Kier molecular flexibility index (Phi) is 2.73. The lowest BCUT2D eigenvalue weighted by molar-refractivity contribution is 0.681. The number of rotatable bonds is 3. The fraction of sp³-hybridized carbons (Fsp3) is 0.100. The first-order valence-electron chi connectivity index (χ1n) is 4.53. The highest BCUT2D eigenvalue weighted by Gasteiger charge is 1.94. The molecule has 0 aliphatic carbocycles. The molecule has 2 aromatic rings. The minimum absolute atomic E-state index is 0.179. The molecule has 0 aromatic carbocycles. The predicted octanol–water partition coefficient (Wildman–Crippen LogP) is 0.382. The van der Waals surface area contributed by atoms with Gasteiger partial charge in [0.15, 0.2) is 0 Å². The Morgan fingerprint density at radius 2 is 2.13 bits per heavy atom. The average molecular weight is 202 g/mol. The van der Waals surface area contributed by atoms with Crippen LogP contribution in [0, 0.1) is 0 Å². The third-order valence-corrected chi connectivity index (χ3v) is 1.87. The second-order valence-corrected chi connectivity index (χ2v) is 2.97. The first-order chi connectivity index (χ1) is 7.36. The van der Waals surface area contributed by atoms with E-state index < -0.39 is 0 Å². The van der Waals surface area contributed by atoms with E-state index in [2.05, 4.69) is 15.5 Å². The second-order valence-electron chi connectivity index (χ2n) is 2.97. The molecular weight excluding hydrogens is 192 g/mol. The molecule has 0 saturated carbocycles. The van der Waals surface area contributed by atoms with E-state index in [-0.39, 0.29) is 5.56 Å². The van der Waals surface area contributed by atoms with Crippen LogP contribution in [0.15, 0.2) is 47.7 Å². The monoisotopic (exact) mass is 202 g/mol. The first kappa shape index (κ1) is 9.39. The van der Waals surface area contributed by atoms with Crippen molar-refractivity contribution in [1.82, 2.24) is 14.9 Å². The lowest BCUT2D eigenvalue weighted by atomic mass is 10.3. The van der Waals surface area contributed by atoms with Crippen molar-refractivity contribution in [3.63, 3.8) is 0 Å². The number of nitrogens with one attached hydrogen (secondary N) is 1.